The molecule has 5 nitrogen and oxygen atoms in total. The average Bonchev–Trinajstić information content (AvgIpc) is 2.31. The molecule has 0 aromatic heterocycles. The van der Waals surface area contributed by atoms with Gasteiger partial charge in [0.2, 0.25) is 0 Å². The van der Waals surface area contributed by atoms with Gasteiger partial charge in [0.25, 0.3) is 0 Å². The van der Waals surface area contributed by atoms with Crippen molar-refractivity contribution in [3.05, 3.63) is 0 Å². The molecule has 1 atom stereocenters. The number of rotatable bonds is 5. The maximum atomic E-state index is 11.9. The number of ketones is 2. The topological polar surface area (TPSA) is 91.7 Å². The third-order valence-electron chi connectivity index (χ3n) is 3.67. The third-order valence-corrected chi connectivity index (χ3v) is 3.67. The van der Waals surface area contributed by atoms with E-state index >= 15 is 0 Å². The summed E-state index contributed by atoms with van der Waals surface area (Å²) in [5.74, 6) is 0.306. The van der Waals surface area contributed by atoms with Crippen LogP contribution in [0.3, 0.4) is 0 Å². The largest absolute Gasteiger partial charge is 1.00 e. The minimum absolute atomic E-state index is 0. The van der Waals surface area contributed by atoms with Crippen LogP contribution in [-0.2, 0) is 9.59 Å². The Balaban J connectivity index is -0.000000482. The molecule has 0 spiro atoms. The van der Waals surface area contributed by atoms with E-state index in [0.29, 0.717) is 6.42 Å². The molecule has 6 heteroatoms. The Morgan fingerprint density at radius 2 is 1.80 bits per heavy atom. The van der Waals surface area contributed by atoms with Gasteiger partial charge < -0.3 is 11.6 Å². The van der Waals surface area contributed by atoms with Crippen LogP contribution in [0, 0.1) is 5.41 Å². The second-order valence-corrected chi connectivity index (χ2v) is 5.01. The standard InChI is InChI=1S/C13H22O2.CH2O3.K.H/c1-3-4-6-9-13(11(2)14)10-7-5-8-12(13)15;2-1(3)4;;/h3-10H2,1-2H3;(H2,2,3,4);;/q;;+1;-1. The van der Waals surface area contributed by atoms with Crippen molar-refractivity contribution in [2.45, 2.75) is 65.2 Å². The zero-order valence-corrected chi connectivity index (χ0v) is 15.9. The first kappa shape index (κ1) is 22.5. The SMILES string of the molecule is CCCCCC1(C(C)=O)CCCCC1=O.O=C(O)O.[H-].[K+]. The van der Waals surface area contributed by atoms with E-state index in [0.717, 1.165) is 44.9 Å². The summed E-state index contributed by atoms with van der Waals surface area (Å²) in [5, 5.41) is 13.9. The summed E-state index contributed by atoms with van der Waals surface area (Å²) in [5.41, 5.74) is -0.590. The third kappa shape index (κ3) is 7.88. The molecule has 0 aliphatic heterocycles. The maximum absolute atomic E-state index is 11.9. The molecule has 0 saturated heterocycles. The predicted octanol–water partition coefficient (Wildman–Crippen LogP) is 0.624. The molecule has 1 rings (SSSR count). The summed E-state index contributed by atoms with van der Waals surface area (Å²) in [6.07, 6.45) is 5.66. The molecule has 1 aliphatic carbocycles. The number of hydrogen-bond donors (Lipinski definition) is 2. The molecule has 1 fully saturated rings. The van der Waals surface area contributed by atoms with Crippen LogP contribution in [-0.4, -0.2) is 27.9 Å². The number of Topliss-reactive ketones (excluding diaryl/α,β-unsaturated/α-hetero) is 2. The van der Waals surface area contributed by atoms with Crippen LogP contribution in [0.25, 0.3) is 0 Å². The van der Waals surface area contributed by atoms with Gasteiger partial charge in [-0.2, -0.15) is 0 Å². The maximum Gasteiger partial charge on any atom is 1.00 e. The minimum atomic E-state index is -1.83. The van der Waals surface area contributed by atoms with Gasteiger partial charge in [-0.1, -0.05) is 32.6 Å². The normalized spacial score (nSPS) is 21.2. The van der Waals surface area contributed by atoms with Crippen molar-refractivity contribution >= 4 is 17.7 Å². The monoisotopic (exact) mass is 312 g/mol. The molecule has 0 aromatic carbocycles. The average molecular weight is 312 g/mol. The Morgan fingerprint density at radius 3 is 2.20 bits per heavy atom. The zero-order chi connectivity index (χ0) is 14.9. The van der Waals surface area contributed by atoms with Gasteiger partial charge >= 0.3 is 57.5 Å². The molecule has 112 valence electrons. The van der Waals surface area contributed by atoms with Gasteiger partial charge in [0.15, 0.2) is 0 Å². The van der Waals surface area contributed by atoms with Gasteiger partial charge in [0, 0.05) is 6.42 Å². The number of unbranched alkanes of at least 4 members (excludes halogenated alkanes) is 2. The van der Waals surface area contributed by atoms with Crippen LogP contribution in [0.15, 0.2) is 0 Å². The first-order valence-corrected chi connectivity index (χ1v) is 6.83. The van der Waals surface area contributed by atoms with Crippen LogP contribution >= 0.6 is 0 Å². The summed E-state index contributed by atoms with van der Waals surface area (Å²) in [7, 11) is 0. The van der Waals surface area contributed by atoms with Gasteiger partial charge in [0.05, 0.1) is 5.41 Å². The van der Waals surface area contributed by atoms with Crippen molar-refractivity contribution in [3.8, 4) is 0 Å². The predicted molar refractivity (Wildman–Crippen MR) is 72.5 cm³/mol. The summed E-state index contributed by atoms with van der Waals surface area (Å²) < 4.78 is 0. The Labute approximate surface area is 164 Å². The first-order chi connectivity index (χ1) is 8.86. The van der Waals surface area contributed by atoms with Crippen molar-refractivity contribution in [2.24, 2.45) is 5.41 Å². The van der Waals surface area contributed by atoms with Crippen molar-refractivity contribution in [1.29, 1.82) is 0 Å². The van der Waals surface area contributed by atoms with E-state index < -0.39 is 11.6 Å². The fraction of sp³-hybridized carbons (Fsp3) is 0.786. The number of carbonyl (C=O) groups is 3. The van der Waals surface area contributed by atoms with Gasteiger partial charge in [-0.15, -0.1) is 0 Å². The summed E-state index contributed by atoms with van der Waals surface area (Å²) in [6.45, 7) is 3.73. The summed E-state index contributed by atoms with van der Waals surface area (Å²) >= 11 is 0. The van der Waals surface area contributed by atoms with Crippen LogP contribution in [0.2, 0.25) is 0 Å². The van der Waals surface area contributed by atoms with Gasteiger partial charge in [-0.3, -0.25) is 9.59 Å². The number of carbonyl (C=O) groups excluding carboxylic acids is 2. The molecule has 0 radical (unpaired) electrons. The molecular weight excluding hydrogens is 287 g/mol. The second kappa shape index (κ2) is 11.9. The second-order valence-electron chi connectivity index (χ2n) is 5.01. The Bertz CT molecular complexity index is 331. The molecule has 1 saturated carbocycles. The smallest absolute Gasteiger partial charge is 1.00 e. The van der Waals surface area contributed by atoms with Crippen molar-refractivity contribution in [1.82, 2.24) is 0 Å². The van der Waals surface area contributed by atoms with Crippen molar-refractivity contribution in [3.63, 3.8) is 0 Å². The molecule has 0 heterocycles. The molecule has 0 bridgehead atoms. The van der Waals surface area contributed by atoms with E-state index in [4.69, 9.17) is 15.0 Å². The summed E-state index contributed by atoms with van der Waals surface area (Å²) in [4.78, 5) is 32.2. The molecule has 0 amide bonds. The minimum Gasteiger partial charge on any atom is -1.00 e. The van der Waals surface area contributed by atoms with E-state index in [1.54, 1.807) is 6.92 Å². The van der Waals surface area contributed by atoms with Crippen LogP contribution in [0.1, 0.15) is 66.6 Å². The van der Waals surface area contributed by atoms with Crippen LogP contribution < -0.4 is 51.4 Å². The van der Waals surface area contributed by atoms with Crippen molar-refractivity contribution < 1.29 is 77.4 Å². The molecule has 2 N–H and O–H groups in total. The van der Waals surface area contributed by atoms with E-state index in [9.17, 15) is 9.59 Å². The van der Waals surface area contributed by atoms with E-state index in [2.05, 4.69) is 6.92 Å². The van der Waals surface area contributed by atoms with E-state index in [-0.39, 0.29) is 64.4 Å². The van der Waals surface area contributed by atoms with Crippen molar-refractivity contribution in [2.75, 3.05) is 0 Å². The fourth-order valence-electron chi connectivity index (χ4n) is 2.58. The van der Waals surface area contributed by atoms with Crippen LogP contribution in [0.5, 0.6) is 0 Å². The van der Waals surface area contributed by atoms with E-state index in [1.807, 2.05) is 0 Å². The van der Waals surface area contributed by atoms with Crippen LogP contribution in [0.4, 0.5) is 4.79 Å². The fourth-order valence-corrected chi connectivity index (χ4v) is 2.58. The number of carboxylic acid groups (broad SMARTS) is 2. The Hall–Kier alpha value is 0.246. The Kier molecular flexibility index (Phi) is 13.4. The van der Waals surface area contributed by atoms with E-state index in [1.165, 1.54) is 0 Å². The molecule has 1 unspecified atom stereocenters. The van der Waals surface area contributed by atoms with Gasteiger partial charge in [-0.05, 0) is 26.2 Å². The van der Waals surface area contributed by atoms with Gasteiger partial charge in [0.1, 0.15) is 11.6 Å². The molecule has 1 aliphatic rings. The molecular formula is C14H25KO5. The number of hydrogen-bond acceptors (Lipinski definition) is 3. The zero-order valence-electron chi connectivity index (χ0n) is 13.8. The molecule has 0 aromatic rings. The Morgan fingerprint density at radius 1 is 1.25 bits per heavy atom. The first-order valence-electron chi connectivity index (χ1n) is 6.83. The summed E-state index contributed by atoms with van der Waals surface area (Å²) in [6, 6.07) is 0. The van der Waals surface area contributed by atoms with Gasteiger partial charge in [-0.25, -0.2) is 4.79 Å². The quantitative estimate of drug-likeness (QED) is 0.441. The molecule has 20 heavy (non-hydrogen) atoms.